The van der Waals surface area contributed by atoms with Crippen molar-refractivity contribution >= 4 is 11.6 Å². The highest BCUT2D eigenvalue weighted by Gasteiger charge is 2.15. The van der Waals surface area contributed by atoms with Gasteiger partial charge in [0, 0.05) is 6.42 Å². The lowest BCUT2D eigenvalue weighted by molar-refractivity contribution is -0.118. The number of nitrogens with one attached hydrogen (secondary N) is 1. The van der Waals surface area contributed by atoms with Crippen LogP contribution in [-0.4, -0.2) is 22.7 Å². The topological polar surface area (TPSA) is 77.2 Å². The van der Waals surface area contributed by atoms with Crippen LogP contribution < -0.4 is 10.1 Å². The molecule has 1 aromatic heterocycles. The average Bonchev–Trinajstić information content (AvgIpc) is 3.24. The molecule has 3 aromatic carbocycles. The Kier molecular flexibility index (Phi) is 6.03. The van der Waals surface area contributed by atoms with Crippen LogP contribution in [0.5, 0.6) is 5.75 Å². The SMILES string of the molecule is Cc1ccc(Cc2noc(-c3ccccc3OCC(=O)Nc3ccccc3F)n2)cc1. The van der Waals surface area contributed by atoms with Crippen LogP contribution in [-0.2, 0) is 11.2 Å². The first-order valence-electron chi connectivity index (χ1n) is 9.73. The monoisotopic (exact) mass is 417 g/mol. The molecule has 0 saturated carbocycles. The van der Waals surface area contributed by atoms with E-state index >= 15 is 0 Å². The summed E-state index contributed by atoms with van der Waals surface area (Å²) in [5.74, 6) is 0.267. The Balaban J connectivity index is 1.44. The summed E-state index contributed by atoms with van der Waals surface area (Å²) in [7, 11) is 0. The predicted molar refractivity (Wildman–Crippen MR) is 114 cm³/mol. The summed E-state index contributed by atoms with van der Waals surface area (Å²) >= 11 is 0. The Morgan fingerprint density at radius 1 is 1.03 bits per heavy atom. The van der Waals surface area contributed by atoms with Gasteiger partial charge in [-0.1, -0.05) is 59.3 Å². The van der Waals surface area contributed by atoms with Crippen molar-refractivity contribution in [3.05, 3.63) is 95.6 Å². The highest BCUT2D eigenvalue weighted by Crippen LogP contribution is 2.29. The second-order valence-corrected chi connectivity index (χ2v) is 6.99. The van der Waals surface area contributed by atoms with Crippen molar-refractivity contribution in [2.75, 3.05) is 11.9 Å². The lowest BCUT2D eigenvalue weighted by Crippen LogP contribution is -2.20. The van der Waals surface area contributed by atoms with E-state index in [0.717, 1.165) is 5.56 Å². The van der Waals surface area contributed by atoms with Crippen molar-refractivity contribution in [2.24, 2.45) is 0 Å². The van der Waals surface area contributed by atoms with Crippen LogP contribution in [0.1, 0.15) is 17.0 Å². The van der Waals surface area contributed by atoms with E-state index in [-0.39, 0.29) is 12.3 Å². The van der Waals surface area contributed by atoms with E-state index < -0.39 is 11.7 Å². The third-order valence-electron chi connectivity index (χ3n) is 4.58. The standard InChI is InChI=1S/C24H20FN3O3/c1-16-10-12-17(13-11-16)14-22-27-24(31-28-22)18-6-2-5-9-21(18)30-15-23(29)26-20-8-4-3-7-19(20)25/h2-13H,14-15H2,1H3,(H,26,29). The minimum absolute atomic E-state index is 0.0991. The average molecular weight is 417 g/mol. The van der Waals surface area contributed by atoms with Gasteiger partial charge in [-0.2, -0.15) is 4.98 Å². The molecule has 6 nitrogen and oxygen atoms in total. The summed E-state index contributed by atoms with van der Waals surface area (Å²) in [5, 5.41) is 6.53. The summed E-state index contributed by atoms with van der Waals surface area (Å²) < 4.78 is 24.8. The summed E-state index contributed by atoms with van der Waals surface area (Å²) in [4.78, 5) is 16.6. The maximum atomic E-state index is 13.7. The first-order valence-corrected chi connectivity index (χ1v) is 9.73. The summed E-state index contributed by atoms with van der Waals surface area (Å²) in [6.07, 6.45) is 0.540. The normalized spacial score (nSPS) is 10.6. The zero-order valence-electron chi connectivity index (χ0n) is 16.8. The van der Waals surface area contributed by atoms with Gasteiger partial charge >= 0.3 is 0 Å². The number of carbonyl (C=O) groups is 1. The third-order valence-corrected chi connectivity index (χ3v) is 4.58. The minimum atomic E-state index is -0.511. The molecule has 0 bridgehead atoms. The number of amides is 1. The van der Waals surface area contributed by atoms with Crippen LogP contribution in [0.4, 0.5) is 10.1 Å². The van der Waals surface area contributed by atoms with Gasteiger partial charge in [0.2, 0.25) is 0 Å². The van der Waals surface area contributed by atoms with Crippen molar-refractivity contribution in [1.29, 1.82) is 0 Å². The number of aryl methyl sites for hydroxylation is 1. The molecule has 0 fully saturated rings. The predicted octanol–water partition coefficient (Wildman–Crippen LogP) is 4.79. The Bertz CT molecular complexity index is 1190. The first kappa shape index (κ1) is 20.3. The lowest BCUT2D eigenvalue weighted by Gasteiger charge is -2.10. The second kappa shape index (κ2) is 9.21. The van der Waals surface area contributed by atoms with Crippen LogP contribution in [0.3, 0.4) is 0 Å². The molecule has 4 aromatic rings. The maximum Gasteiger partial charge on any atom is 0.262 e. The molecule has 0 aliphatic carbocycles. The third kappa shape index (κ3) is 5.14. The minimum Gasteiger partial charge on any atom is -0.483 e. The van der Waals surface area contributed by atoms with Gasteiger partial charge in [-0.3, -0.25) is 4.79 Å². The molecular weight excluding hydrogens is 397 g/mol. The van der Waals surface area contributed by atoms with E-state index in [9.17, 15) is 9.18 Å². The summed E-state index contributed by atoms with van der Waals surface area (Å²) in [6.45, 7) is 1.74. The van der Waals surface area contributed by atoms with E-state index in [1.165, 1.54) is 17.7 Å². The molecule has 1 N–H and O–H groups in total. The number of ether oxygens (including phenoxy) is 1. The smallest absolute Gasteiger partial charge is 0.262 e. The zero-order chi connectivity index (χ0) is 21.6. The van der Waals surface area contributed by atoms with Crippen LogP contribution in [0.2, 0.25) is 0 Å². The van der Waals surface area contributed by atoms with Crippen LogP contribution in [0.25, 0.3) is 11.5 Å². The Morgan fingerprint density at radius 2 is 1.77 bits per heavy atom. The molecule has 1 heterocycles. The van der Waals surface area contributed by atoms with Crippen molar-refractivity contribution in [1.82, 2.24) is 10.1 Å². The van der Waals surface area contributed by atoms with Crippen molar-refractivity contribution in [3.8, 4) is 17.2 Å². The molecule has 1 amide bonds. The number of anilines is 1. The number of halogens is 1. The molecule has 0 radical (unpaired) electrons. The highest BCUT2D eigenvalue weighted by molar-refractivity contribution is 5.92. The van der Waals surface area contributed by atoms with Crippen molar-refractivity contribution < 1.29 is 18.4 Å². The first-order chi connectivity index (χ1) is 15.1. The zero-order valence-corrected chi connectivity index (χ0v) is 16.8. The number of rotatable bonds is 7. The van der Waals surface area contributed by atoms with Crippen LogP contribution >= 0.6 is 0 Å². The van der Waals surface area contributed by atoms with Gasteiger partial charge in [0.05, 0.1) is 11.3 Å². The van der Waals surface area contributed by atoms with Crippen LogP contribution in [0, 0.1) is 12.7 Å². The van der Waals surface area contributed by atoms with Gasteiger partial charge in [0.15, 0.2) is 12.4 Å². The number of benzene rings is 3. The Hall–Kier alpha value is -4.00. The second-order valence-electron chi connectivity index (χ2n) is 6.99. The summed E-state index contributed by atoms with van der Waals surface area (Å²) in [6, 6.07) is 21.1. The van der Waals surface area contributed by atoms with Crippen molar-refractivity contribution in [2.45, 2.75) is 13.3 Å². The molecule has 0 atom stereocenters. The number of nitrogens with zero attached hydrogens (tertiary/aromatic N) is 2. The molecule has 0 spiro atoms. The Morgan fingerprint density at radius 3 is 2.58 bits per heavy atom. The summed E-state index contributed by atoms with van der Waals surface area (Å²) in [5.41, 5.74) is 2.93. The van der Waals surface area contributed by atoms with Gasteiger partial charge in [-0.05, 0) is 36.8 Å². The Labute approximate surface area is 178 Å². The molecule has 0 saturated heterocycles. The van der Waals surface area contributed by atoms with Crippen molar-refractivity contribution in [3.63, 3.8) is 0 Å². The lowest BCUT2D eigenvalue weighted by atomic mass is 10.1. The number of hydrogen-bond acceptors (Lipinski definition) is 5. The van der Waals surface area contributed by atoms with Gasteiger partial charge < -0.3 is 14.6 Å². The van der Waals surface area contributed by atoms with Gasteiger partial charge in [0.25, 0.3) is 11.8 Å². The van der Waals surface area contributed by atoms with Gasteiger partial charge in [-0.25, -0.2) is 4.39 Å². The van der Waals surface area contributed by atoms with E-state index in [0.29, 0.717) is 29.4 Å². The number of aromatic nitrogens is 2. The number of para-hydroxylation sites is 2. The highest BCUT2D eigenvalue weighted by atomic mass is 19.1. The molecule has 31 heavy (non-hydrogen) atoms. The van der Waals surface area contributed by atoms with Crippen LogP contribution in [0.15, 0.2) is 77.3 Å². The van der Waals surface area contributed by atoms with Gasteiger partial charge in [0.1, 0.15) is 11.6 Å². The quantitative estimate of drug-likeness (QED) is 0.468. The molecular formula is C24H20FN3O3. The van der Waals surface area contributed by atoms with Gasteiger partial charge in [-0.15, -0.1) is 0 Å². The molecule has 7 heteroatoms. The molecule has 156 valence electrons. The molecule has 4 rings (SSSR count). The number of hydrogen-bond donors (Lipinski definition) is 1. The fourth-order valence-electron chi connectivity index (χ4n) is 2.99. The molecule has 0 unspecified atom stereocenters. The van der Waals surface area contributed by atoms with E-state index in [4.69, 9.17) is 9.26 Å². The molecule has 0 aliphatic heterocycles. The fourth-order valence-corrected chi connectivity index (χ4v) is 2.99. The van der Waals surface area contributed by atoms with E-state index in [1.807, 2.05) is 37.3 Å². The fraction of sp³-hybridized carbons (Fsp3) is 0.125. The van der Waals surface area contributed by atoms with E-state index in [2.05, 4.69) is 15.5 Å². The maximum absolute atomic E-state index is 13.7. The number of carbonyl (C=O) groups excluding carboxylic acids is 1. The van der Waals surface area contributed by atoms with E-state index in [1.54, 1.807) is 30.3 Å². The molecule has 0 aliphatic rings. The largest absolute Gasteiger partial charge is 0.483 e.